The zero-order chi connectivity index (χ0) is 15.2. The summed E-state index contributed by atoms with van der Waals surface area (Å²) < 4.78 is 11.4. The fourth-order valence-corrected chi connectivity index (χ4v) is 2.17. The number of aromatic nitrogens is 2. The highest BCUT2D eigenvalue weighted by molar-refractivity contribution is 9.10. The summed E-state index contributed by atoms with van der Waals surface area (Å²) >= 11 is 3.40. The first-order valence-corrected chi connectivity index (χ1v) is 7.30. The molecule has 0 spiro atoms. The monoisotopic (exact) mass is 353 g/mol. The molecule has 0 fully saturated rings. The second kappa shape index (κ2) is 7.33. The number of esters is 1. The van der Waals surface area contributed by atoms with Gasteiger partial charge in [-0.2, -0.15) is 0 Å². The fraction of sp³-hybridized carbons (Fsp3) is 0.357. The molecular formula is C14H16BrN3O3. The van der Waals surface area contributed by atoms with Gasteiger partial charge in [0, 0.05) is 10.0 Å². The number of nitrogens with zero attached hydrogens (tertiary/aromatic N) is 3. The van der Waals surface area contributed by atoms with Crippen LogP contribution < -0.4 is 0 Å². The molecule has 0 amide bonds. The standard InChI is InChI=1S/C14H16BrN3O3/c1-3-20-13(19)9-18(2)8-12-16-17-14(21-12)10-5-4-6-11(15)7-10/h4-7H,3,8-9H2,1-2H3. The van der Waals surface area contributed by atoms with Crippen LogP contribution in [-0.2, 0) is 16.1 Å². The van der Waals surface area contributed by atoms with Crippen molar-refractivity contribution in [3.05, 3.63) is 34.6 Å². The van der Waals surface area contributed by atoms with Crippen LogP contribution in [0.3, 0.4) is 0 Å². The van der Waals surface area contributed by atoms with Crippen molar-refractivity contribution in [2.24, 2.45) is 0 Å². The highest BCUT2D eigenvalue weighted by atomic mass is 79.9. The fourth-order valence-electron chi connectivity index (χ4n) is 1.77. The van der Waals surface area contributed by atoms with Gasteiger partial charge in [0.1, 0.15) is 0 Å². The number of rotatable bonds is 6. The minimum Gasteiger partial charge on any atom is -0.465 e. The third-order valence-electron chi connectivity index (χ3n) is 2.65. The predicted octanol–water partition coefficient (Wildman–Crippen LogP) is 2.49. The van der Waals surface area contributed by atoms with Gasteiger partial charge in [0.15, 0.2) is 0 Å². The Balaban J connectivity index is 1.98. The number of hydrogen-bond acceptors (Lipinski definition) is 6. The van der Waals surface area contributed by atoms with Crippen molar-refractivity contribution in [2.75, 3.05) is 20.2 Å². The van der Waals surface area contributed by atoms with E-state index < -0.39 is 0 Å². The lowest BCUT2D eigenvalue weighted by Crippen LogP contribution is -2.27. The number of likely N-dealkylation sites (N-methyl/N-ethyl adjacent to an activating group) is 1. The maximum Gasteiger partial charge on any atom is 0.320 e. The third-order valence-corrected chi connectivity index (χ3v) is 3.14. The Morgan fingerprint density at radius 1 is 1.43 bits per heavy atom. The van der Waals surface area contributed by atoms with Crippen LogP contribution in [0.4, 0.5) is 0 Å². The second-order valence-corrected chi connectivity index (χ2v) is 5.40. The van der Waals surface area contributed by atoms with Crippen LogP contribution in [0.1, 0.15) is 12.8 Å². The van der Waals surface area contributed by atoms with Crippen molar-refractivity contribution in [1.29, 1.82) is 0 Å². The SMILES string of the molecule is CCOC(=O)CN(C)Cc1nnc(-c2cccc(Br)c2)o1. The molecule has 2 aromatic rings. The zero-order valence-electron chi connectivity index (χ0n) is 11.9. The van der Waals surface area contributed by atoms with E-state index in [2.05, 4.69) is 26.1 Å². The van der Waals surface area contributed by atoms with Crippen molar-refractivity contribution < 1.29 is 13.9 Å². The minimum atomic E-state index is -0.272. The number of halogens is 1. The molecule has 0 unspecified atom stereocenters. The van der Waals surface area contributed by atoms with Gasteiger partial charge in [-0.1, -0.05) is 22.0 Å². The first-order valence-electron chi connectivity index (χ1n) is 6.51. The van der Waals surface area contributed by atoms with E-state index in [0.717, 1.165) is 10.0 Å². The minimum absolute atomic E-state index is 0.183. The van der Waals surface area contributed by atoms with Crippen LogP contribution in [0, 0.1) is 0 Å². The second-order valence-electron chi connectivity index (χ2n) is 4.49. The lowest BCUT2D eigenvalue weighted by Gasteiger charge is -2.12. The first-order chi connectivity index (χ1) is 10.1. The molecule has 0 saturated heterocycles. The third kappa shape index (κ3) is 4.64. The van der Waals surface area contributed by atoms with Gasteiger partial charge < -0.3 is 9.15 Å². The van der Waals surface area contributed by atoms with Crippen molar-refractivity contribution >= 4 is 21.9 Å². The summed E-state index contributed by atoms with van der Waals surface area (Å²) in [6.07, 6.45) is 0. The number of hydrogen-bond donors (Lipinski definition) is 0. The largest absolute Gasteiger partial charge is 0.465 e. The Kier molecular flexibility index (Phi) is 5.46. The molecule has 112 valence electrons. The van der Waals surface area contributed by atoms with Gasteiger partial charge in [-0.15, -0.1) is 10.2 Å². The van der Waals surface area contributed by atoms with Gasteiger partial charge in [0.05, 0.1) is 19.7 Å². The van der Waals surface area contributed by atoms with Gasteiger partial charge >= 0.3 is 5.97 Å². The molecule has 0 atom stereocenters. The number of carbonyl (C=O) groups is 1. The summed E-state index contributed by atoms with van der Waals surface area (Å²) in [5.74, 6) is 0.638. The first kappa shape index (κ1) is 15.7. The number of benzene rings is 1. The van der Waals surface area contributed by atoms with E-state index in [1.807, 2.05) is 24.3 Å². The van der Waals surface area contributed by atoms with E-state index in [4.69, 9.17) is 9.15 Å². The van der Waals surface area contributed by atoms with Crippen LogP contribution in [-0.4, -0.2) is 41.3 Å². The highest BCUT2D eigenvalue weighted by Gasteiger charge is 2.13. The molecule has 1 aromatic heterocycles. The van der Waals surface area contributed by atoms with Crippen LogP contribution in [0.5, 0.6) is 0 Å². The quantitative estimate of drug-likeness (QED) is 0.743. The zero-order valence-corrected chi connectivity index (χ0v) is 13.5. The van der Waals surface area contributed by atoms with Crippen LogP contribution in [0.25, 0.3) is 11.5 Å². The summed E-state index contributed by atoms with van der Waals surface area (Å²) in [5.41, 5.74) is 0.844. The topological polar surface area (TPSA) is 68.5 Å². The van der Waals surface area contributed by atoms with E-state index in [9.17, 15) is 4.79 Å². The molecule has 0 bridgehead atoms. The Hall–Kier alpha value is -1.73. The van der Waals surface area contributed by atoms with Crippen molar-refractivity contribution in [3.8, 4) is 11.5 Å². The summed E-state index contributed by atoms with van der Waals surface area (Å²) in [4.78, 5) is 13.1. The Labute approximate surface area is 131 Å². The average Bonchev–Trinajstić information content (AvgIpc) is 2.87. The number of carbonyl (C=O) groups excluding carboxylic acids is 1. The van der Waals surface area contributed by atoms with Crippen LogP contribution >= 0.6 is 15.9 Å². The van der Waals surface area contributed by atoms with Gasteiger partial charge in [-0.25, -0.2) is 0 Å². The lowest BCUT2D eigenvalue weighted by atomic mass is 10.2. The normalized spacial score (nSPS) is 10.9. The Bertz CT molecular complexity index is 615. The van der Waals surface area contributed by atoms with Crippen molar-refractivity contribution in [3.63, 3.8) is 0 Å². The summed E-state index contributed by atoms with van der Waals surface area (Å²) in [7, 11) is 1.79. The van der Waals surface area contributed by atoms with E-state index in [1.54, 1.807) is 18.9 Å². The molecule has 1 aromatic carbocycles. The van der Waals surface area contributed by atoms with Crippen LogP contribution in [0.15, 0.2) is 33.2 Å². The van der Waals surface area contributed by atoms with Gasteiger partial charge in [0.2, 0.25) is 11.8 Å². The summed E-state index contributed by atoms with van der Waals surface area (Å²) in [6, 6.07) is 7.62. The number of ether oxygens (including phenoxy) is 1. The Morgan fingerprint density at radius 2 is 2.24 bits per heavy atom. The predicted molar refractivity (Wildman–Crippen MR) is 80.4 cm³/mol. The Morgan fingerprint density at radius 3 is 2.95 bits per heavy atom. The summed E-state index contributed by atoms with van der Waals surface area (Å²) in [6.45, 7) is 2.72. The lowest BCUT2D eigenvalue weighted by molar-refractivity contribution is -0.144. The van der Waals surface area contributed by atoms with E-state index in [-0.39, 0.29) is 12.5 Å². The maximum absolute atomic E-state index is 11.4. The molecule has 7 heteroatoms. The average molecular weight is 354 g/mol. The smallest absolute Gasteiger partial charge is 0.320 e. The summed E-state index contributed by atoms with van der Waals surface area (Å²) in [5, 5.41) is 8.01. The van der Waals surface area contributed by atoms with Crippen molar-refractivity contribution in [2.45, 2.75) is 13.5 Å². The van der Waals surface area contributed by atoms with Gasteiger partial charge in [-0.3, -0.25) is 9.69 Å². The molecule has 0 aliphatic carbocycles. The molecule has 0 aliphatic heterocycles. The molecule has 1 heterocycles. The van der Waals surface area contributed by atoms with E-state index >= 15 is 0 Å². The van der Waals surface area contributed by atoms with Gasteiger partial charge in [-0.05, 0) is 32.2 Å². The molecule has 0 radical (unpaired) electrons. The molecule has 21 heavy (non-hydrogen) atoms. The van der Waals surface area contributed by atoms with E-state index in [1.165, 1.54) is 0 Å². The molecule has 2 rings (SSSR count). The maximum atomic E-state index is 11.4. The highest BCUT2D eigenvalue weighted by Crippen LogP contribution is 2.21. The molecule has 0 aliphatic rings. The molecule has 6 nitrogen and oxygen atoms in total. The van der Waals surface area contributed by atoms with Crippen LogP contribution in [0.2, 0.25) is 0 Å². The molecule has 0 N–H and O–H groups in total. The van der Waals surface area contributed by atoms with Gasteiger partial charge in [0.25, 0.3) is 0 Å². The van der Waals surface area contributed by atoms with E-state index in [0.29, 0.717) is 24.9 Å². The molecule has 0 saturated carbocycles. The molecular weight excluding hydrogens is 338 g/mol. The van der Waals surface area contributed by atoms with Crippen molar-refractivity contribution in [1.82, 2.24) is 15.1 Å².